The maximum Gasteiger partial charge on any atom is 0.332 e. The zero-order valence-electron chi connectivity index (χ0n) is 15.6. The fourth-order valence-electron chi connectivity index (χ4n) is 2.66. The molecule has 0 aliphatic rings. The lowest BCUT2D eigenvalue weighted by molar-refractivity contribution is -0.139. The van der Waals surface area contributed by atoms with Crippen molar-refractivity contribution in [2.75, 3.05) is 7.11 Å². The van der Waals surface area contributed by atoms with Crippen molar-refractivity contribution < 1.29 is 13.9 Å². The lowest BCUT2D eigenvalue weighted by Gasteiger charge is -2.14. The molecule has 2 aromatic heterocycles. The Morgan fingerprint density at radius 3 is 2.50 bits per heavy atom. The van der Waals surface area contributed by atoms with E-state index in [1.165, 1.54) is 44.0 Å². The normalized spacial score (nSPS) is 12.2. The highest BCUT2D eigenvalue weighted by atomic mass is 32.2. The number of aryl methyl sites for hydroxylation is 1. The third-order valence-corrected chi connectivity index (χ3v) is 5.27. The maximum absolute atomic E-state index is 14.3. The van der Waals surface area contributed by atoms with Crippen molar-refractivity contribution in [1.29, 1.82) is 0 Å². The van der Waals surface area contributed by atoms with E-state index in [0.29, 0.717) is 0 Å². The summed E-state index contributed by atoms with van der Waals surface area (Å²) in [6.45, 7) is 1.60. The van der Waals surface area contributed by atoms with Crippen LogP contribution in [0.1, 0.15) is 6.92 Å². The summed E-state index contributed by atoms with van der Waals surface area (Å²) in [5.74, 6) is -1.05. The number of rotatable bonds is 4. The molecule has 0 saturated heterocycles. The molecule has 0 amide bonds. The zero-order valence-corrected chi connectivity index (χ0v) is 16.4. The van der Waals surface area contributed by atoms with E-state index in [2.05, 4.69) is 9.97 Å². The number of esters is 1. The predicted molar refractivity (Wildman–Crippen MR) is 103 cm³/mol. The molecule has 3 rings (SSSR count). The van der Waals surface area contributed by atoms with Crippen LogP contribution in [0.25, 0.3) is 22.4 Å². The molecule has 2 heterocycles. The Hall–Kier alpha value is -3.01. The fraction of sp³-hybridized carbons (Fsp3) is 0.278. The summed E-state index contributed by atoms with van der Waals surface area (Å²) in [5.41, 5.74) is -1.00. The first-order chi connectivity index (χ1) is 13.3. The molecule has 0 aliphatic carbocycles. The van der Waals surface area contributed by atoms with Gasteiger partial charge in [-0.3, -0.25) is 18.7 Å². The van der Waals surface area contributed by atoms with Crippen molar-refractivity contribution in [3.05, 3.63) is 50.9 Å². The number of nitrogens with zero attached hydrogens (tertiary/aromatic N) is 4. The number of methoxy groups -OCH3 is 1. The van der Waals surface area contributed by atoms with Gasteiger partial charge in [0.2, 0.25) is 0 Å². The van der Waals surface area contributed by atoms with Gasteiger partial charge in [-0.1, -0.05) is 23.9 Å². The van der Waals surface area contributed by atoms with Gasteiger partial charge in [-0.15, -0.1) is 0 Å². The molecular formula is C18H17FN4O4S. The van der Waals surface area contributed by atoms with Crippen LogP contribution in [0.3, 0.4) is 0 Å². The zero-order chi connectivity index (χ0) is 20.6. The van der Waals surface area contributed by atoms with Crippen LogP contribution in [0.4, 0.5) is 4.39 Å². The van der Waals surface area contributed by atoms with Gasteiger partial charge in [-0.2, -0.15) is 0 Å². The minimum absolute atomic E-state index is 0.00780. The van der Waals surface area contributed by atoms with Gasteiger partial charge in [0.15, 0.2) is 11.5 Å². The van der Waals surface area contributed by atoms with E-state index >= 15 is 0 Å². The highest BCUT2D eigenvalue weighted by molar-refractivity contribution is 8.00. The SMILES string of the molecule is COC(=O)[C@@H](C)Sc1nc(-c2ccccc2F)nc2c1c(=O)n(C)c(=O)n2C. The molecule has 8 nitrogen and oxygen atoms in total. The molecule has 0 fully saturated rings. The smallest absolute Gasteiger partial charge is 0.332 e. The fourth-order valence-corrected chi connectivity index (χ4v) is 3.62. The second-order valence-electron chi connectivity index (χ2n) is 6.02. The van der Waals surface area contributed by atoms with Crippen LogP contribution >= 0.6 is 11.8 Å². The molecule has 28 heavy (non-hydrogen) atoms. The molecule has 0 N–H and O–H groups in total. The average Bonchev–Trinajstić information content (AvgIpc) is 2.69. The minimum Gasteiger partial charge on any atom is -0.468 e. The van der Waals surface area contributed by atoms with E-state index in [0.717, 1.165) is 16.3 Å². The van der Waals surface area contributed by atoms with Gasteiger partial charge in [0.1, 0.15) is 21.5 Å². The van der Waals surface area contributed by atoms with E-state index < -0.39 is 28.3 Å². The largest absolute Gasteiger partial charge is 0.468 e. The van der Waals surface area contributed by atoms with Crippen LogP contribution in [0.2, 0.25) is 0 Å². The lowest BCUT2D eigenvalue weighted by Crippen LogP contribution is -2.37. The number of halogens is 1. The lowest BCUT2D eigenvalue weighted by atomic mass is 10.2. The quantitative estimate of drug-likeness (QED) is 0.369. The second-order valence-corrected chi connectivity index (χ2v) is 7.35. The molecule has 1 aromatic carbocycles. The van der Waals surface area contributed by atoms with Crippen LogP contribution in [0, 0.1) is 5.82 Å². The molecular weight excluding hydrogens is 387 g/mol. The number of hydrogen-bond acceptors (Lipinski definition) is 7. The number of thioether (sulfide) groups is 1. The number of ether oxygens (including phenoxy) is 1. The number of fused-ring (bicyclic) bond motifs is 1. The highest BCUT2D eigenvalue weighted by Crippen LogP contribution is 2.30. The molecule has 10 heteroatoms. The first-order valence-corrected chi connectivity index (χ1v) is 9.11. The van der Waals surface area contributed by atoms with E-state index in [-0.39, 0.29) is 27.4 Å². The Morgan fingerprint density at radius 1 is 1.18 bits per heavy atom. The molecule has 0 spiro atoms. The van der Waals surface area contributed by atoms with Gasteiger partial charge in [0.25, 0.3) is 5.56 Å². The van der Waals surface area contributed by atoms with Gasteiger partial charge in [-0.05, 0) is 19.1 Å². The Morgan fingerprint density at radius 2 is 1.86 bits per heavy atom. The standard InChI is InChI=1S/C18H17FN4O4S/c1-9(17(25)27-4)28-15-12-14(22(2)18(26)23(3)16(12)24)20-13(21-15)10-7-5-6-8-11(10)19/h5-9H,1-4H3/t9-/m1/s1. The summed E-state index contributed by atoms with van der Waals surface area (Å²) in [6.07, 6.45) is 0. The monoisotopic (exact) mass is 404 g/mol. The molecule has 0 bridgehead atoms. The molecule has 0 saturated carbocycles. The van der Waals surface area contributed by atoms with Crippen molar-refractivity contribution in [3.8, 4) is 11.4 Å². The Labute approximate surface area is 163 Å². The summed E-state index contributed by atoms with van der Waals surface area (Å²) in [7, 11) is 4.05. The third-order valence-electron chi connectivity index (χ3n) is 4.20. The summed E-state index contributed by atoms with van der Waals surface area (Å²) in [4.78, 5) is 45.5. The van der Waals surface area contributed by atoms with Crippen molar-refractivity contribution in [2.24, 2.45) is 14.1 Å². The van der Waals surface area contributed by atoms with Crippen molar-refractivity contribution >= 4 is 28.8 Å². The first kappa shape index (κ1) is 19.7. The summed E-state index contributed by atoms with van der Waals surface area (Å²) in [6, 6.07) is 5.91. The van der Waals surface area contributed by atoms with Crippen LogP contribution in [0.15, 0.2) is 38.9 Å². The van der Waals surface area contributed by atoms with E-state index in [1.54, 1.807) is 13.0 Å². The van der Waals surface area contributed by atoms with Crippen molar-refractivity contribution in [3.63, 3.8) is 0 Å². The molecule has 1 atom stereocenters. The van der Waals surface area contributed by atoms with E-state index in [9.17, 15) is 18.8 Å². The van der Waals surface area contributed by atoms with Gasteiger partial charge in [-0.25, -0.2) is 19.2 Å². The number of aromatic nitrogens is 4. The van der Waals surface area contributed by atoms with Gasteiger partial charge in [0.05, 0.1) is 12.7 Å². The number of carbonyl (C=O) groups excluding carboxylic acids is 1. The Bertz CT molecular complexity index is 1200. The van der Waals surface area contributed by atoms with Crippen molar-refractivity contribution in [2.45, 2.75) is 17.2 Å². The summed E-state index contributed by atoms with van der Waals surface area (Å²) in [5, 5.41) is -0.443. The molecule has 0 aliphatic heterocycles. The van der Waals surface area contributed by atoms with Crippen molar-refractivity contribution in [1.82, 2.24) is 19.1 Å². The Balaban J connectivity index is 2.38. The highest BCUT2D eigenvalue weighted by Gasteiger charge is 2.23. The van der Waals surface area contributed by atoms with Crippen LogP contribution in [0.5, 0.6) is 0 Å². The third kappa shape index (κ3) is 3.31. The summed E-state index contributed by atoms with van der Waals surface area (Å²) >= 11 is 0.981. The van der Waals surface area contributed by atoms with Gasteiger partial charge >= 0.3 is 11.7 Å². The van der Waals surface area contributed by atoms with E-state index in [1.807, 2.05) is 0 Å². The average molecular weight is 404 g/mol. The first-order valence-electron chi connectivity index (χ1n) is 8.23. The maximum atomic E-state index is 14.3. The molecule has 146 valence electrons. The Kier molecular flexibility index (Phi) is 5.32. The number of hydrogen-bond donors (Lipinski definition) is 0. The van der Waals surface area contributed by atoms with E-state index in [4.69, 9.17) is 4.74 Å². The molecule has 0 radical (unpaired) electrons. The minimum atomic E-state index is -0.682. The second kappa shape index (κ2) is 7.55. The summed E-state index contributed by atoms with van der Waals surface area (Å²) < 4.78 is 21.1. The van der Waals surface area contributed by atoms with Gasteiger partial charge < -0.3 is 4.74 Å². The molecule has 3 aromatic rings. The molecule has 0 unspecified atom stereocenters. The predicted octanol–water partition coefficient (Wildman–Crippen LogP) is 1.49. The van der Waals surface area contributed by atoms with Crippen LogP contribution in [-0.2, 0) is 23.6 Å². The van der Waals surface area contributed by atoms with Crippen LogP contribution in [-0.4, -0.2) is 37.4 Å². The van der Waals surface area contributed by atoms with Gasteiger partial charge in [0, 0.05) is 14.1 Å². The number of benzene rings is 1. The van der Waals surface area contributed by atoms with Crippen LogP contribution < -0.4 is 11.2 Å². The topological polar surface area (TPSA) is 96.1 Å². The number of carbonyl (C=O) groups is 1.